The lowest BCUT2D eigenvalue weighted by Gasteiger charge is -2.17. The molecule has 0 bridgehead atoms. The fourth-order valence-electron chi connectivity index (χ4n) is 3.07. The molecule has 1 fully saturated rings. The number of thiocarbonyl (C=S) groups is 1. The van der Waals surface area contributed by atoms with Gasteiger partial charge in [0.2, 0.25) is 6.41 Å². The van der Waals surface area contributed by atoms with Crippen LogP contribution in [0.4, 0.5) is 16.2 Å². The maximum Gasteiger partial charge on any atom is 0.414 e. The summed E-state index contributed by atoms with van der Waals surface area (Å²) in [6, 6.07) is 5.86. The van der Waals surface area contributed by atoms with Gasteiger partial charge in [0, 0.05) is 17.4 Å². The topological polar surface area (TPSA) is 61.9 Å². The average molecular weight is 333 g/mol. The average Bonchev–Trinajstić information content (AvgIpc) is 3.03. The van der Waals surface area contributed by atoms with Crippen molar-refractivity contribution in [2.45, 2.75) is 32.4 Å². The van der Waals surface area contributed by atoms with Gasteiger partial charge in [0.1, 0.15) is 6.10 Å². The minimum absolute atomic E-state index is 0.144. The van der Waals surface area contributed by atoms with E-state index < -0.39 is 0 Å². The second-order valence-corrected chi connectivity index (χ2v) is 6.54. The third-order valence-corrected chi connectivity index (χ3v) is 4.35. The standard InChI is InChI=1S/C16H19N3O3S/c1-10-5-12-6-13(3-4-15(12)19(10)9-20)18-8-14(22-16(18)21)7-17-11(2)23/h3-4,6,9-10,14H,5,7-8H2,1-2H3,(H,17,23)/t10-,14+/m1/s1. The van der Waals surface area contributed by atoms with Crippen molar-refractivity contribution < 1.29 is 14.3 Å². The molecule has 0 aromatic heterocycles. The maximum atomic E-state index is 12.1. The number of rotatable bonds is 4. The van der Waals surface area contributed by atoms with Gasteiger partial charge in [-0.3, -0.25) is 9.69 Å². The summed E-state index contributed by atoms with van der Waals surface area (Å²) in [4.78, 5) is 27.3. The summed E-state index contributed by atoms with van der Waals surface area (Å²) >= 11 is 4.97. The number of anilines is 2. The summed E-state index contributed by atoms with van der Waals surface area (Å²) in [7, 11) is 0. The van der Waals surface area contributed by atoms with Crippen molar-refractivity contribution >= 4 is 41.1 Å². The molecule has 2 aliphatic heterocycles. The molecule has 3 rings (SSSR count). The number of carbonyl (C=O) groups excluding carboxylic acids is 2. The molecule has 2 aliphatic rings. The summed E-state index contributed by atoms with van der Waals surface area (Å²) in [6.07, 6.45) is 1.08. The molecule has 122 valence electrons. The Kier molecular flexibility index (Phi) is 4.21. The molecule has 2 heterocycles. The summed E-state index contributed by atoms with van der Waals surface area (Å²) in [5.74, 6) is 0. The molecular weight excluding hydrogens is 314 g/mol. The second-order valence-electron chi connectivity index (χ2n) is 5.93. The van der Waals surface area contributed by atoms with Crippen LogP contribution in [0.1, 0.15) is 19.4 Å². The molecule has 7 heteroatoms. The van der Waals surface area contributed by atoms with Gasteiger partial charge < -0.3 is 15.0 Å². The van der Waals surface area contributed by atoms with Crippen molar-refractivity contribution in [3.8, 4) is 0 Å². The van der Waals surface area contributed by atoms with Crippen LogP contribution in [-0.2, 0) is 16.0 Å². The Labute approximate surface area is 140 Å². The van der Waals surface area contributed by atoms with Gasteiger partial charge in [-0.1, -0.05) is 12.2 Å². The van der Waals surface area contributed by atoms with Crippen LogP contribution in [-0.4, -0.2) is 42.7 Å². The summed E-state index contributed by atoms with van der Waals surface area (Å²) in [5, 5.41) is 3.02. The van der Waals surface area contributed by atoms with E-state index in [0.717, 1.165) is 29.8 Å². The van der Waals surface area contributed by atoms with Crippen LogP contribution >= 0.6 is 12.2 Å². The fourth-order valence-corrected chi connectivity index (χ4v) is 3.15. The zero-order valence-electron chi connectivity index (χ0n) is 13.1. The maximum absolute atomic E-state index is 12.1. The Morgan fingerprint density at radius 3 is 3.00 bits per heavy atom. The number of cyclic esters (lactones) is 1. The summed E-state index contributed by atoms with van der Waals surface area (Å²) < 4.78 is 5.36. The first-order chi connectivity index (χ1) is 11.0. The number of hydrogen-bond donors (Lipinski definition) is 1. The molecule has 1 aromatic carbocycles. The molecule has 23 heavy (non-hydrogen) atoms. The van der Waals surface area contributed by atoms with Crippen LogP contribution in [0, 0.1) is 0 Å². The van der Waals surface area contributed by atoms with Gasteiger partial charge in [-0.05, 0) is 44.0 Å². The van der Waals surface area contributed by atoms with E-state index in [-0.39, 0.29) is 18.2 Å². The van der Waals surface area contributed by atoms with E-state index >= 15 is 0 Å². The monoisotopic (exact) mass is 333 g/mol. The predicted molar refractivity (Wildman–Crippen MR) is 92.0 cm³/mol. The number of hydrogen-bond acceptors (Lipinski definition) is 4. The van der Waals surface area contributed by atoms with Gasteiger partial charge >= 0.3 is 6.09 Å². The van der Waals surface area contributed by atoms with Crippen molar-refractivity contribution in [1.82, 2.24) is 5.32 Å². The fraction of sp³-hybridized carbons (Fsp3) is 0.438. The highest BCUT2D eigenvalue weighted by Gasteiger charge is 2.33. The van der Waals surface area contributed by atoms with Crippen molar-refractivity contribution in [1.29, 1.82) is 0 Å². The number of nitrogens with zero attached hydrogens (tertiary/aromatic N) is 2. The Morgan fingerprint density at radius 1 is 1.52 bits per heavy atom. The lowest BCUT2D eigenvalue weighted by molar-refractivity contribution is -0.107. The molecule has 0 radical (unpaired) electrons. The van der Waals surface area contributed by atoms with Gasteiger partial charge in [0.05, 0.1) is 18.1 Å². The van der Waals surface area contributed by atoms with Gasteiger partial charge in [-0.2, -0.15) is 0 Å². The van der Waals surface area contributed by atoms with Crippen LogP contribution in [0.2, 0.25) is 0 Å². The first kappa shape index (κ1) is 15.7. The van der Waals surface area contributed by atoms with E-state index in [0.29, 0.717) is 18.1 Å². The van der Waals surface area contributed by atoms with Crippen molar-refractivity contribution in [3.05, 3.63) is 23.8 Å². The van der Waals surface area contributed by atoms with Gasteiger partial charge in [-0.25, -0.2) is 4.79 Å². The van der Waals surface area contributed by atoms with Crippen LogP contribution in [0.25, 0.3) is 0 Å². The lowest BCUT2D eigenvalue weighted by Crippen LogP contribution is -2.32. The largest absolute Gasteiger partial charge is 0.442 e. The molecule has 0 saturated carbocycles. The second kappa shape index (κ2) is 6.16. The van der Waals surface area contributed by atoms with Crippen molar-refractivity contribution in [2.75, 3.05) is 22.9 Å². The molecule has 0 spiro atoms. The Hall–Kier alpha value is -2.15. The smallest absolute Gasteiger partial charge is 0.414 e. The van der Waals surface area contributed by atoms with Crippen molar-refractivity contribution in [2.24, 2.45) is 0 Å². The zero-order chi connectivity index (χ0) is 16.6. The minimum Gasteiger partial charge on any atom is -0.442 e. The van der Waals surface area contributed by atoms with Gasteiger partial charge in [0.15, 0.2) is 0 Å². The summed E-state index contributed by atoms with van der Waals surface area (Å²) in [6.45, 7) is 4.80. The molecule has 0 aliphatic carbocycles. The highest BCUT2D eigenvalue weighted by Crippen LogP contribution is 2.35. The van der Waals surface area contributed by atoms with E-state index in [4.69, 9.17) is 17.0 Å². The molecule has 1 N–H and O–H groups in total. The minimum atomic E-state index is -0.350. The van der Waals surface area contributed by atoms with Crippen LogP contribution in [0.3, 0.4) is 0 Å². The molecule has 0 unspecified atom stereocenters. The lowest BCUT2D eigenvalue weighted by atomic mass is 10.1. The molecule has 1 aromatic rings. The van der Waals surface area contributed by atoms with E-state index in [9.17, 15) is 9.59 Å². The number of amides is 2. The van der Waals surface area contributed by atoms with Crippen LogP contribution in [0.5, 0.6) is 0 Å². The van der Waals surface area contributed by atoms with Crippen molar-refractivity contribution in [3.63, 3.8) is 0 Å². The Morgan fingerprint density at radius 2 is 2.30 bits per heavy atom. The number of benzene rings is 1. The first-order valence-corrected chi connectivity index (χ1v) is 7.99. The van der Waals surface area contributed by atoms with Crippen LogP contribution < -0.4 is 15.1 Å². The number of ether oxygens (including phenoxy) is 1. The van der Waals surface area contributed by atoms with Gasteiger partial charge in [0.25, 0.3) is 0 Å². The first-order valence-electron chi connectivity index (χ1n) is 7.58. The van der Waals surface area contributed by atoms with E-state index in [1.54, 1.807) is 16.7 Å². The van der Waals surface area contributed by atoms with Gasteiger partial charge in [-0.15, -0.1) is 0 Å². The summed E-state index contributed by atoms with van der Waals surface area (Å²) in [5.41, 5.74) is 2.79. The third kappa shape index (κ3) is 3.01. The molecule has 2 atom stereocenters. The normalized spacial score (nSPS) is 22.8. The molecule has 6 nitrogen and oxygen atoms in total. The van der Waals surface area contributed by atoms with Crippen LogP contribution in [0.15, 0.2) is 18.2 Å². The number of nitrogens with one attached hydrogen (secondary N) is 1. The number of fused-ring (bicyclic) bond motifs is 1. The number of carbonyl (C=O) groups is 2. The Balaban J connectivity index is 1.76. The van der Waals surface area contributed by atoms with E-state index in [1.807, 2.05) is 25.1 Å². The molecule has 1 saturated heterocycles. The highest BCUT2D eigenvalue weighted by molar-refractivity contribution is 7.80. The third-order valence-electron chi connectivity index (χ3n) is 4.21. The van der Waals surface area contributed by atoms with E-state index in [2.05, 4.69) is 5.32 Å². The SMILES string of the molecule is CC(=S)NC[C@H]1CN(c2ccc3c(c2)C[C@@H](C)N3C=O)C(=O)O1. The predicted octanol–water partition coefficient (Wildman–Crippen LogP) is 1.86. The van der Waals surface area contributed by atoms with E-state index in [1.165, 1.54) is 0 Å². The Bertz CT molecular complexity index is 664. The quantitative estimate of drug-likeness (QED) is 0.673. The molecule has 2 amide bonds. The zero-order valence-corrected chi connectivity index (χ0v) is 13.9. The highest BCUT2D eigenvalue weighted by atomic mass is 32.1. The molecular formula is C16H19N3O3S.